The number of aromatic nitrogens is 1. The second-order valence-electron chi connectivity index (χ2n) is 42.3. The number of hydrogen-bond donors (Lipinski definition) is 24. The molecule has 0 unspecified atom stereocenters. The number of amides is 15. The topological polar surface area (TPSA) is 681 Å². The quantitative estimate of drug-likeness (QED) is 0.0274. The summed E-state index contributed by atoms with van der Waals surface area (Å²) in [5.41, 5.74) is 44.3. The van der Waals surface area contributed by atoms with E-state index in [0.717, 1.165) is 27.5 Å². The van der Waals surface area contributed by atoms with E-state index in [4.69, 9.17) is 45.1 Å². The monoisotopic (exact) mass is 2050 g/mol. The Morgan fingerprint density at radius 3 is 0.637 bits per heavy atom. The number of rotatable bonds is 77. The van der Waals surface area contributed by atoms with Crippen LogP contribution in [0.5, 0.6) is 0 Å². The molecule has 0 bridgehead atoms. The molecule has 3 aromatic rings. The van der Waals surface area contributed by atoms with Crippen LogP contribution in [-0.4, -0.2) is 248 Å². The fourth-order valence-electron chi connectivity index (χ4n) is 17.2. The Morgan fingerprint density at radius 2 is 0.432 bits per heavy atom. The van der Waals surface area contributed by atoms with Gasteiger partial charge < -0.3 is 130 Å². The van der Waals surface area contributed by atoms with Crippen LogP contribution in [0.25, 0.3) is 21.8 Å². The molecule has 31 N–H and O–H groups in total. The molecule has 15 atom stereocenters. The average Bonchev–Trinajstić information content (AvgIpc) is 0.775. The molecule has 41 nitrogen and oxygen atoms in total. The van der Waals surface area contributed by atoms with Crippen molar-refractivity contribution >= 4 is 122 Å². The molecule has 826 valence electrons. The average molecular weight is 2050 g/mol. The number of aliphatic carboxylic acids is 1. The first-order valence-corrected chi connectivity index (χ1v) is 53.4. The number of carboxylic acids is 1. The highest BCUT2D eigenvalue weighted by Crippen LogP contribution is 2.31. The van der Waals surface area contributed by atoms with Crippen LogP contribution in [0.15, 0.2) is 48.5 Å². The molecular formula is C105H184N24O17. The number of benzene rings is 2. The summed E-state index contributed by atoms with van der Waals surface area (Å²) >= 11 is 0. The molecule has 0 aliphatic carbocycles. The third kappa shape index (κ3) is 50.7. The largest absolute Gasteiger partial charge is 0.480 e. The molecule has 1 aromatic heterocycles. The van der Waals surface area contributed by atoms with Gasteiger partial charge in [0.2, 0.25) is 88.6 Å². The van der Waals surface area contributed by atoms with E-state index in [0.29, 0.717) is 116 Å². The Labute approximate surface area is 865 Å². The van der Waals surface area contributed by atoms with Gasteiger partial charge in [-0.25, -0.2) is 4.98 Å². The van der Waals surface area contributed by atoms with E-state index in [1.807, 2.05) is 159 Å². The zero-order valence-electron chi connectivity index (χ0n) is 90.0. The highest BCUT2D eigenvalue weighted by Gasteiger charge is 2.40. The van der Waals surface area contributed by atoms with E-state index < -0.39 is 192 Å². The third-order valence-electron chi connectivity index (χ3n) is 24.8. The molecule has 3 rings (SSSR count). The number of pyridine rings is 1. The summed E-state index contributed by atoms with van der Waals surface area (Å²) in [6.45, 7) is 30.8. The summed E-state index contributed by atoms with van der Waals surface area (Å²) in [5.74, 6) is -13.9. The van der Waals surface area contributed by atoms with E-state index >= 15 is 33.6 Å². The molecule has 0 aliphatic rings. The van der Waals surface area contributed by atoms with Gasteiger partial charge in [-0.1, -0.05) is 147 Å². The van der Waals surface area contributed by atoms with Crippen LogP contribution in [-0.2, 0) is 76.7 Å². The van der Waals surface area contributed by atoms with Gasteiger partial charge in [-0.05, 0) is 285 Å². The van der Waals surface area contributed by atoms with Gasteiger partial charge in [-0.3, -0.25) is 76.7 Å². The first-order chi connectivity index (χ1) is 69.2. The number of fused-ring (bicyclic) bond motifs is 2. The van der Waals surface area contributed by atoms with E-state index in [1.54, 1.807) is 0 Å². The van der Waals surface area contributed by atoms with Crippen molar-refractivity contribution in [3.63, 3.8) is 0 Å². The summed E-state index contributed by atoms with van der Waals surface area (Å²) in [7, 11) is 0. The summed E-state index contributed by atoms with van der Waals surface area (Å²) in [4.78, 5) is 236. The Kier molecular flexibility index (Phi) is 62.8. The lowest BCUT2D eigenvalue weighted by Crippen LogP contribution is -2.61. The van der Waals surface area contributed by atoms with Crippen molar-refractivity contribution in [2.24, 2.45) is 87.5 Å². The number of para-hydroxylation sites is 2. The summed E-state index contributed by atoms with van der Waals surface area (Å²) < 4.78 is 0. The van der Waals surface area contributed by atoms with Crippen molar-refractivity contribution in [3.8, 4) is 0 Å². The molecule has 146 heavy (non-hydrogen) atoms. The Morgan fingerprint density at radius 1 is 0.247 bits per heavy atom. The number of carbonyl (C=O) groups is 16. The molecule has 41 heteroatoms. The van der Waals surface area contributed by atoms with Crippen molar-refractivity contribution in [2.75, 3.05) is 57.7 Å². The molecule has 0 fully saturated rings. The third-order valence-corrected chi connectivity index (χ3v) is 24.8. The maximum atomic E-state index is 15.1. The second-order valence-corrected chi connectivity index (χ2v) is 42.3. The first kappa shape index (κ1) is 129. The molecular weight excluding hydrogens is 1870 g/mol. The van der Waals surface area contributed by atoms with Gasteiger partial charge in [0.15, 0.2) is 0 Å². The lowest BCUT2D eigenvalue weighted by atomic mass is 9.98. The van der Waals surface area contributed by atoms with Crippen LogP contribution < -0.4 is 125 Å². The molecule has 0 saturated heterocycles. The number of anilines is 1. The second kappa shape index (κ2) is 70.9. The van der Waals surface area contributed by atoms with Gasteiger partial charge in [-0.15, -0.1) is 0 Å². The predicted molar refractivity (Wildman–Crippen MR) is 570 cm³/mol. The normalized spacial score (nSPS) is 14.7. The van der Waals surface area contributed by atoms with Crippen molar-refractivity contribution in [1.82, 2.24) is 84.7 Å². The van der Waals surface area contributed by atoms with E-state index in [1.165, 1.54) is 0 Å². The highest BCUT2D eigenvalue weighted by molar-refractivity contribution is 6.08. The first-order valence-electron chi connectivity index (χ1n) is 53.4. The Balaban J connectivity index is 2.01. The minimum absolute atomic E-state index is 0.00608. The number of nitrogens with one attached hydrogen (secondary N) is 16. The summed E-state index contributed by atoms with van der Waals surface area (Å²) in [6.07, 6.45) is 7.08. The van der Waals surface area contributed by atoms with E-state index in [2.05, 4.69) is 85.1 Å². The van der Waals surface area contributed by atoms with Gasteiger partial charge in [-0.2, -0.15) is 0 Å². The van der Waals surface area contributed by atoms with Crippen LogP contribution in [0.2, 0.25) is 0 Å². The number of unbranched alkanes of at least 4 members (excludes halogenated alkanes) is 7. The summed E-state index contributed by atoms with van der Waals surface area (Å²) in [5, 5.41) is 56.8. The van der Waals surface area contributed by atoms with Gasteiger partial charge in [0.25, 0.3) is 0 Å². The lowest BCUT2D eigenvalue weighted by molar-refractivity contribution is -0.138. The molecule has 15 amide bonds. The summed E-state index contributed by atoms with van der Waals surface area (Å²) in [6, 6.07) is -3.22. The Bertz CT molecular complexity index is 4470. The van der Waals surface area contributed by atoms with Crippen LogP contribution in [0, 0.1) is 47.3 Å². The molecule has 0 saturated carbocycles. The maximum Gasteiger partial charge on any atom is 0.322 e. The van der Waals surface area contributed by atoms with E-state index in [9.17, 15) is 48.3 Å². The van der Waals surface area contributed by atoms with Crippen LogP contribution >= 0.6 is 0 Å². The SMILES string of the molecule is CC(C)C[C@H](NC(=O)[C@H](CCCCN)NC(=O)[C@H](CC(C)C)NC(=O)[C@H](CC(C)C)NC(=O)[C@H](CCCCN)NC(=O)[C@H](CCCCN)NC(=O)[C@H](CC(C)C)NC(=O)[C@H](CC(C)C)NC(=O)[C@H](CCCCN)NC(=O)[C@H](CC(C)C)NC(=O)[C@H](CC(C)C)NC(=O)[C@H](CCCCNc1c2ccccc2nc2ccccc12)NC(=O)[C@H](CCCCN)NC(=O)[C@@H](N)CC(C)C)C(=O)N[C@@H](CCCCN)C(=O)NCC(=O)O. The zero-order chi connectivity index (χ0) is 109. The van der Waals surface area contributed by atoms with E-state index in [-0.39, 0.29) is 163 Å². The standard InChI is InChI=1S/C105H184N24O17/c1-62(2)53-72(112)91(132)116-76(40-22-29-47-107)93(134)119-81(45-27-34-52-113-90-70-35-17-19-37-73(70)115-74-38-20-18-36-71(74)90)98(139)126-88(60-69(15)16)105(146)129-85(57-66(9)10)102(143)122-80(44-26-33-51-111)97(138)125-87(59-68(13)14)104(145)127-83(55-64(5)6)100(141)120-77(41-23-30-48-108)94(135)118-78(42-24-31-49-109)95(136)124-86(58-67(11)12)103(144)128-84(56-65(7)8)101(142)121-79(43-25-32-50-110)96(137)123-82(54-63(3)4)99(140)117-75(39-21-28-46-106)92(133)114-61-89(130)131/h17-20,35-38,62-69,72,75-88H,21-34,39-61,106-112H2,1-16H3,(H,113,115)(H,114,133)(H,116,132)(H,117,140)(H,118,135)(H,119,134)(H,120,141)(H,121,142)(H,122,143)(H,123,137)(H,124,136)(H,125,138)(H,126,139)(H,127,145)(H,128,144)(H,129,146)(H,130,131)/t72-,75-,76-,77-,78-,79-,80-,81-,82-,83-,84-,85-,86-,87-,88-/m0/s1. The van der Waals surface area contributed by atoms with Crippen molar-refractivity contribution in [3.05, 3.63) is 48.5 Å². The van der Waals surface area contributed by atoms with Crippen molar-refractivity contribution < 1.29 is 81.8 Å². The van der Waals surface area contributed by atoms with Gasteiger partial charge in [0.1, 0.15) is 91.1 Å². The van der Waals surface area contributed by atoms with Crippen LogP contribution in [0.1, 0.15) is 297 Å². The van der Waals surface area contributed by atoms with Crippen LogP contribution in [0.3, 0.4) is 0 Å². The molecule has 0 radical (unpaired) electrons. The fraction of sp³-hybridized carbons (Fsp3) is 0.724. The van der Waals surface area contributed by atoms with Gasteiger partial charge in [0.05, 0.1) is 22.8 Å². The molecule has 0 spiro atoms. The van der Waals surface area contributed by atoms with Crippen LogP contribution in [0.4, 0.5) is 5.69 Å². The van der Waals surface area contributed by atoms with Crippen molar-refractivity contribution in [2.45, 2.75) is 388 Å². The molecule has 0 aliphatic heterocycles. The van der Waals surface area contributed by atoms with Gasteiger partial charge >= 0.3 is 5.97 Å². The number of nitrogens with zero attached hydrogens (tertiary/aromatic N) is 1. The van der Waals surface area contributed by atoms with Gasteiger partial charge in [0, 0.05) is 17.3 Å². The zero-order valence-corrected chi connectivity index (χ0v) is 90.0. The molecule has 2 aromatic carbocycles. The molecule has 1 heterocycles. The Hall–Kier alpha value is -10.8. The predicted octanol–water partition coefficient (Wildman–Crippen LogP) is 4.43. The number of carboxylic acid groups (broad SMARTS) is 1. The van der Waals surface area contributed by atoms with Crippen molar-refractivity contribution in [1.29, 1.82) is 0 Å². The lowest BCUT2D eigenvalue weighted by Gasteiger charge is -2.30. The minimum Gasteiger partial charge on any atom is -0.480 e. The fourth-order valence-corrected chi connectivity index (χ4v) is 17.2. The highest BCUT2D eigenvalue weighted by atomic mass is 16.4. The minimum atomic E-state index is -1.35. The number of nitrogens with two attached hydrogens (primary N) is 7. The number of carbonyl (C=O) groups excluding carboxylic acids is 15. The smallest absolute Gasteiger partial charge is 0.322 e. The maximum absolute atomic E-state index is 15.1. The number of hydrogen-bond acceptors (Lipinski definition) is 25.